The third-order valence-electron chi connectivity index (χ3n) is 1.41. The molecule has 1 aromatic rings. The molecule has 0 amide bonds. The van der Waals surface area contributed by atoms with E-state index >= 15 is 0 Å². The molecule has 0 radical (unpaired) electrons. The van der Waals surface area contributed by atoms with Gasteiger partial charge < -0.3 is 5.73 Å². The summed E-state index contributed by atoms with van der Waals surface area (Å²) in [4.78, 5) is 0.784. The summed E-state index contributed by atoms with van der Waals surface area (Å²) in [7, 11) is 0. The topological polar surface area (TPSA) is 26.0 Å². The standard InChI is InChI=1S/C9H9ClFNS/c1-2-3-13-9-4-6(10)7(11)5-8(9)12/h2,4-5H,1,3,12H2. The Hall–Kier alpha value is -0.670. The van der Waals surface area contributed by atoms with Gasteiger partial charge in [0.05, 0.1) is 5.02 Å². The van der Waals surface area contributed by atoms with Gasteiger partial charge in [0.25, 0.3) is 0 Å². The zero-order chi connectivity index (χ0) is 9.84. The number of benzene rings is 1. The third kappa shape index (κ3) is 2.64. The van der Waals surface area contributed by atoms with Crippen molar-refractivity contribution in [1.29, 1.82) is 0 Å². The molecule has 0 bridgehead atoms. The molecule has 1 rings (SSSR count). The van der Waals surface area contributed by atoms with Crippen molar-refractivity contribution in [1.82, 2.24) is 0 Å². The molecule has 0 unspecified atom stereocenters. The molecule has 0 aliphatic rings. The molecular formula is C9H9ClFNS. The van der Waals surface area contributed by atoms with Gasteiger partial charge in [0.1, 0.15) is 5.82 Å². The summed E-state index contributed by atoms with van der Waals surface area (Å²) in [6, 6.07) is 2.76. The van der Waals surface area contributed by atoms with E-state index in [1.807, 2.05) is 0 Å². The van der Waals surface area contributed by atoms with Gasteiger partial charge in [-0.15, -0.1) is 18.3 Å². The van der Waals surface area contributed by atoms with Crippen LogP contribution in [0.2, 0.25) is 5.02 Å². The predicted molar refractivity (Wildman–Crippen MR) is 56.7 cm³/mol. The SMILES string of the molecule is C=CCSc1cc(Cl)c(F)cc1N. The molecule has 1 nitrogen and oxygen atoms in total. The highest BCUT2D eigenvalue weighted by Crippen LogP contribution is 2.29. The summed E-state index contributed by atoms with van der Waals surface area (Å²) >= 11 is 7.07. The molecule has 2 N–H and O–H groups in total. The number of hydrogen-bond acceptors (Lipinski definition) is 2. The Morgan fingerprint density at radius 2 is 2.31 bits per heavy atom. The van der Waals surface area contributed by atoms with Crippen LogP contribution in [0.5, 0.6) is 0 Å². The minimum Gasteiger partial charge on any atom is -0.398 e. The molecule has 0 atom stereocenters. The van der Waals surface area contributed by atoms with Gasteiger partial charge in [0.15, 0.2) is 0 Å². The van der Waals surface area contributed by atoms with Crippen LogP contribution in [0, 0.1) is 5.82 Å². The summed E-state index contributed by atoms with van der Waals surface area (Å²) < 4.78 is 12.8. The van der Waals surface area contributed by atoms with Gasteiger partial charge in [0, 0.05) is 16.3 Å². The van der Waals surface area contributed by atoms with Crippen LogP contribution >= 0.6 is 23.4 Å². The highest BCUT2D eigenvalue weighted by Gasteiger charge is 2.05. The molecule has 0 saturated carbocycles. The van der Waals surface area contributed by atoms with Crippen LogP contribution in [0.3, 0.4) is 0 Å². The van der Waals surface area contributed by atoms with Crippen LogP contribution in [0.25, 0.3) is 0 Å². The first-order chi connectivity index (χ1) is 6.15. The van der Waals surface area contributed by atoms with E-state index < -0.39 is 5.82 Å². The van der Waals surface area contributed by atoms with E-state index in [0.717, 1.165) is 10.6 Å². The van der Waals surface area contributed by atoms with E-state index in [4.69, 9.17) is 17.3 Å². The molecule has 0 spiro atoms. The Morgan fingerprint density at radius 3 is 2.92 bits per heavy atom. The molecule has 0 aliphatic heterocycles. The van der Waals surface area contributed by atoms with Crippen LogP contribution in [0.1, 0.15) is 0 Å². The van der Waals surface area contributed by atoms with Crippen LogP contribution in [0.4, 0.5) is 10.1 Å². The van der Waals surface area contributed by atoms with Gasteiger partial charge in [-0.3, -0.25) is 0 Å². The minimum atomic E-state index is -0.484. The average Bonchev–Trinajstić information content (AvgIpc) is 2.09. The fourth-order valence-corrected chi connectivity index (χ4v) is 1.77. The van der Waals surface area contributed by atoms with Crippen LogP contribution < -0.4 is 5.73 Å². The summed E-state index contributed by atoms with van der Waals surface area (Å²) in [5, 5.41) is 0.0979. The van der Waals surface area contributed by atoms with Crippen molar-refractivity contribution in [2.75, 3.05) is 11.5 Å². The van der Waals surface area contributed by atoms with E-state index in [-0.39, 0.29) is 5.02 Å². The van der Waals surface area contributed by atoms with E-state index in [1.54, 1.807) is 6.08 Å². The molecule has 0 aliphatic carbocycles. The van der Waals surface area contributed by atoms with Crippen molar-refractivity contribution < 1.29 is 4.39 Å². The molecule has 13 heavy (non-hydrogen) atoms. The lowest BCUT2D eigenvalue weighted by Gasteiger charge is -2.04. The Morgan fingerprint density at radius 1 is 1.62 bits per heavy atom. The number of nitrogens with two attached hydrogens (primary N) is 1. The van der Waals surface area contributed by atoms with Crippen molar-refractivity contribution in [3.63, 3.8) is 0 Å². The van der Waals surface area contributed by atoms with E-state index in [1.165, 1.54) is 23.9 Å². The normalized spacial score (nSPS) is 10.0. The molecule has 0 saturated heterocycles. The fourth-order valence-electron chi connectivity index (χ4n) is 0.818. The number of nitrogen functional groups attached to an aromatic ring is 1. The first-order valence-electron chi connectivity index (χ1n) is 3.63. The lowest BCUT2D eigenvalue weighted by atomic mass is 10.3. The van der Waals surface area contributed by atoms with Crippen LogP contribution in [0.15, 0.2) is 29.7 Å². The van der Waals surface area contributed by atoms with Crippen molar-refractivity contribution in [3.05, 3.63) is 35.6 Å². The highest BCUT2D eigenvalue weighted by atomic mass is 35.5. The minimum absolute atomic E-state index is 0.0979. The quantitative estimate of drug-likeness (QED) is 0.478. The zero-order valence-electron chi connectivity index (χ0n) is 6.89. The second-order valence-corrected chi connectivity index (χ2v) is 3.87. The summed E-state index contributed by atoms with van der Waals surface area (Å²) in [6.45, 7) is 3.58. The molecule has 0 heterocycles. The largest absolute Gasteiger partial charge is 0.398 e. The first kappa shape index (κ1) is 10.4. The Bertz CT molecular complexity index is 328. The number of thioether (sulfide) groups is 1. The van der Waals surface area contributed by atoms with Gasteiger partial charge >= 0.3 is 0 Å². The molecule has 0 fully saturated rings. The molecule has 4 heteroatoms. The van der Waals surface area contributed by atoms with Gasteiger partial charge in [0.2, 0.25) is 0 Å². The van der Waals surface area contributed by atoms with Crippen molar-refractivity contribution in [2.45, 2.75) is 4.90 Å². The summed E-state index contributed by atoms with van der Waals surface area (Å²) in [6.07, 6.45) is 1.75. The third-order valence-corrected chi connectivity index (χ3v) is 2.77. The van der Waals surface area contributed by atoms with E-state index in [9.17, 15) is 4.39 Å². The second-order valence-electron chi connectivity index (χ2n) is 2.40. The molecule has 70 valence electrons. The lowest BCUT2D eigenvalue weighted by molar-refractivity contribution is 0.628. The summed E-state index contributed by atoms with van der Waals surface area (Å²) in [5.41, 5.74) is 5.99. The molecule has 0 aromatic heterocycles. The molecule has 1 aromatic carbocycles. The Labute approximate surface area is 85.8 Å². The van der Waals surface area contributed by atoms with Crippen LogP contribution in [-0.2, 0) is 0 Å². The fraction of sp³-hybridized carbons (Fsp3) is 0.111. The van der Waals surface area contributed by atoms with Crippen LogP contribution in [-0.4, -0.2) is 5.75 Å². The van der Waals surface area contributed by atoms with Crippen molar-refractivity contribution >= 4 is 29.1 Å². The highest BCUT2D eigenvalue weighted by molar-refractivity contribution is 7.99. The smallest absolute Gasteiger partial charge is 0.143 e. The predicted octanol–water partition coefficient (Wildman–Crippen LogP) is 3.34. The maximum atomic E-state index is 12.8. The van der Waals surface area contributed by atoms with Gasteiger partial charge in [-0.05, 0) is 12.1 Å². The number of halogens is 2. The number of rotatable bonds is 3. The van der Waals surface area contributed by atoms with Crippen molar-refractivity contribution in [3.8, 4) is 0 Å². The molecular weight excluding hydrogens is 209 g/mol. The first-order valence-corrected chi connectivity index (χ1v) is 4.99. The lowest BCUT2D eigenvalue weighted by Crippen LogP contribution is -1.91. The Kier molecular flexibility index (Phi) is 3.63. The second kappa shape index (κ2) is 4.53. The van der Waals surface area contributed by atoms with Crippen molar-refractivity contribution in [2.24, 2.45) is 0 Å². The average molecular weight is 218 g/mol. The maximum Gasteiger partial charge on any atom is 0.143 e. The maximum absolute atomic E-state index is 12.8. The van der Waals surface area contributed by atoms with Gasteiger partial charge in [-0.2, -0.15) is 0 Å². The zero-order valence-corrected chi connectivity index (χ0v) is 8.46. The number of hydrogen-bond donors (Lipinski definition) is 1. The number of anilines is 1. The van der Waals surface area contributed by atoms with Gasteiger partial charge in [-0.25, -0.2) is 4.39 Å². The van der Waals surface area contributed by atoms with Gasteiger partial charge in [-0.1, -0.05) is 17.7 Å². The van der Waals surface area contributed by atoms with E-state index in [0.29, 0.717) is 5.69 Å². The monoisotopic (exact) mass is 217 g/mol. The Balaban J connectivity index is 2.94. The summed E-state index contributed by atoms with van der Waals surface area (Å²) in [5.74, 6) is 0.244. The van der Waals surface area contributed by atoms with E-state index in [2.05, 4.69) is 6.58 Å².